The number of nitrogens with one attached hydrogen (secondary N) is 2. The van der Waals surface area contributed by atoms with Gasteiger partial charge in [0, 0.05) is 27.8 Å². The van der Waals surface area contributed by atoms with Gasteiger partial charge < -0.3 is 10.3 Å². The highest BCUT2D eigenvalue weighted by molar-refractivity contribution is 9.10. The van der Waals surface area contributed by atoms with E-state index in [2.05, 4.69) is 31.2 Å². The van der Waals surface area contributed by atoms with Gasteiger partial charge in [-0.1, -0.05) is 0 Å². The third kappa shape index (κ3) is 1.89. The van der Waals surface area contributed by atoms with Crippen LogP contribution in [0.4, 0.5) is 0 Å². The van der Waals surface area contributed by atoms with E-state index < -0.39 is 0 Å². The Morgan fingerprint density at radius 1 is 1.53 bits per heavy atom. The molecule has 2 aromatic heterocycles. The molecule has 4 nitrogen and oxygen atoms in total. The molecule has 0 radical (unpaired) electrons. The zero-order chi connectivity index (χ0) is 11.8. The van der Waals surface area contributed by atoms with E-state index in [1.54, 1.807) is 12.4 Å². The largest absolute Gasteiger partial charge is 0.345 e. The second kappa shape index (κ2) is 4.23. The van der Waals surface area contributed by atoms with E-state index in [1.807, 2.05) is 6.07 Å². The third-order valence-electron chi connectivity index (χ3n) is 3.14. The second-order valence-electron chi connectivity index (χ2n) is 4.27. The van der Waals surface area contributed by atoms with Crippen LogP contribution in [0.1, 0.15) is 23.2 Å². The van der Waals surface area contributed by atoms with Gasteiger partial charge in [-0.3, -0.25) is 4.79 Å². The Balaban J connectivity index is 2.04. The first-order valence-electron chi connectivity index (χ1n) is 5.66. The molecule has 88 valence electrons. The van der Waals surface area contributed by atoms with Crippen LogP contribution in [0, 0.1) is 0 Å². The number of hydrogen-bond acceptors (Lipinski definition) is 3. The minimum absolute atomic E-state index is 0.0343. The van der Waals surface area contributed by atoms with E-state index in [9.17, 15) is 4.79 Å². The Bertz CT molecular complexity index is 572. The zero-order valence-corrected chi connectivity index (χ0v) is 10.8. The lowest BCUT2D eigenvalue weighted by molar-refractivity contribution is 0.0954. The molecule has 0 aliphatic carbocycles. The van der Waals surface area contributed by atoms with Crippen LogP contribution < -0.4 is 5.32 Å². The topological polar surface area (TPSA) is 57.8 Å². The molecule has 1 atom stereocenters. The van der Waals surface area contributed by atoms with Gasteiger partial charge in [0.25, 0.3) is 0 Å². The molecular formula is C12H12BrN3O. The van der Waals surface area contributed by atoms with E-state index in [4.69, 9.17) is 0 Å². The van der Waals surface area contributed by atoms with Crippen LogP contribution >= 0.6 is 15.9 Å². The number of pyridine rings is 1. The van der Waals surface area contributed by atoms with E-state index in [-0.39, 0.29) is 11.8 Å². The first-order chi connectivity index (χ1) is 8.25. The van der Waals surface area contributed by atoms with Crippen molar-refractivity contribution < 1.29 is 4.79 Å². The van der Waals surface area contributed by atoms with Gasteiger partial charge in [0.15, 0.2) is 5.78 Å². The number of hydrogen-bond donors (Lipinski definition) is 2. The molecule has 0 aromatic carbocycles. The maximum absolute atomic E-state index is 12.3. The van der Waals surface area contributed by atoms with Crippen LogP contribution in [-0.2, 0) is 0 Å². The van der Waals surface area contributed by atoms with Gasteiger partial charge in [-0.15, -0.1) is 0 Å². The highest BCUT2D eigenvalue weighted by atomic mass is 79.9. The average molecular weight is 294 g/mol. The molecule has 0 saturated carbocycles. The quantitative estimate of drug-likeness (QED) is 0.835. The molecule has 1 unspecified atom stereocenters. The minimum atomic E-state index is -0.0343. The Morgan fingerprint density at radius 3 is 3.18 bits per heavy atom. The molecule has 5 heteroatoms. The summed E-state index contributed by atoms with van der Waals surface area (Å²) in [5.74, 6) is 0.161. The van der Waals surface area contributed by atoms with Gasteiger partial charge in [-0.2, -0.15) is 0 Å². The molecule has 0 amide bonds. The van der Waals surface area contributed by atoms with E-state index in [0.29, 0.717) is 0 Å². The van der Waals surface area contributed by atoms with Crippen molar-refractivity contribution in [2.75, 3.05) is 6.54 Å². The highest BCUT2D eigenvalue weighted by Gasteiger charge is 2.25. The Kier molecular flexibility index (Phi) is 2.72. The molecule has 0 bridgehead atoms. The summed E-state index contributed by atoms with van der Waals surface area (Å²) in [5, 5.41) is 4.12. The minimum Gasteiger partial charge on any atom is -0.345 e. The summed E-state index contributed by atoms with van der Waals surface area (Å²) in [7, 11) is 0. The predicted octanol–water partition coefficient (Wildman–Crippen LogP) is 2.26. The van der Waals surface area contributed by atoms with Crippen LogP contribution in [0.3, 0.4) is 0 Å². The summed E-state index contributed by atoms with van der Waals surface area (Å²) in [4.78, 5) is 19.6. The number of H-pyrrole nitrogens is 1. The molecule has 17 heavy (non-hydrogen) atoms. The first-order valence-corrected chi connectivity index (χ1v) is 6.45. The lowest BCUT2D eigenvalue weighted by Crippen LogP contribution is -2.30. The van der Waals surface area contributed by atoms with Crippen molar-refractivity contribution in [2.24, 2.45) is 0 Å². The fourth-order valence-corrected chi connectivity index (χ4v) is 2.61. The summed E-state index contributed by atoms with van der Waals surface area (Å²) in [6.45, 7) is 0.931. The Hall–Kier alpha value is -1.20. The lowest BCUT2D eigenvalue weighted by atomic mass is 10.0. The molecule has 2 aromatic rings. The summed E-state index contributed by atoms with van der Waals surface area (Å²) >= 11 is 3.38. The van der Waals surface area contributed by atoms with Crippen molar-refractivity contribution in [1.82, 2.24) is 15.3 Å². The van der Waals surface area contributed by atoms with Gasteiger partial charge in [0.2, 0.25) is 0 Å². The summed E-state index contributed by atoms with van der Waals surface area (Å²) in [6, 6.07) is 1.90. The molecule has 0 spiro atoms. The number of nitrogens with zero attached hydrogens (tertiary/aromatic N) is 1. The van der Waals surface area contributed by atoms with Gasteiger partial charge in [-0.25, -0.2) is 4.98 Å². The summed E-state index contributed by atoms with van der Waals surface area (Å²) in [5.41, 5.74) is 1.49. The van der Waals surface area contributed by atoms with Crippen LogP contribution in [0.25, 0.3) is 11.0 Å². The van der Waals surface area contributed by atoms with Crippen molar-refractivity contribution in [3.63, 3.8) is 0 Å². The number of rotatable bonds is 2. The van der Waals surface area contributed by atoms with Crippen LogP contribution in [0.5, 0.6) is 0 Å². The van der Waals surface area contributed by atoms with E-state index in [0.717, 1.165) is 40.5 Å². The maximum atomic E-state index is 12.3. The van der Waals surface area contributed by atoms with E-state index >= 15 is 0 Å². The van der Waals surface area contributed by atoms with E-state index in [1.165, 1.54) is 0 Å². The molecule has 3 rings (SSSR count). The predicted molar refractivity (Wildman–Crippen MR) is 69.1 cm³/mol. The van der Waals surface area contributed by atoms with Crippen molar-refractivity contribution in [2.45, 2.75) is 18.9 Å². The average Bonchev–Trinajstić information content (AvgIpc) is 2.97. The number of ketones is 1. The number of aromatic amines is 1. The Morgan fingerprint density at radius 2 is 2.41 bits per heavy atom. The van der Waals surface area contributed by atoms with Gasteiger partial charge in [-0.05, 0) is 41.4 Å². The lowest BCUT2D eigenvalue weighted by Gasteiger charge is -2.07. The van der Waals surface area contributed by atoms with Crippen molar-refractivity contribution in [1.29, 1.82) is 0 Å². The number of halogens is 1. The molecule has 3 heterocycles. The van der Waals surface area contributed by atoms with Crippen LogP contribution in [0.2, 0.25) is 0 Å². The van der Waals surface area contributed by atoms with Crippen LogP contribution in [-0.4, -0.2) is 28.3 Å². The fraction of sp³-hybridized carbons (Fsp3) is 0.333. The smallest absolute Gasteiger partial charge is 0.181 e. The van der Waals surface area contributed by atoms with Crippen LogP contribution in [0.15, 0.2) is 22.9 Å². The zero-order valence-electron chi connectivity index (χ0n) is 9.16. The first kappa shape index (κ1) is 10.9. The third-order valence-corrected chi connectivity index (χ3v) is 3.57. The number of carbonyl (C=O) groups is 1. The number of aromatic nitrogens is 2. The van der Waals surface area contributed by atoms with Crippen molar-refractivity contribution in [3.8, 4) is 0 Å². The summed E-state index contributed by atoms with van der Waals surface area (Å²) < 4.78 is 0.887. The van der Waals surface area contributed by atoms with Gasteiger partial charge >= 0.3 is 0 Å². The van der Waals surface area contributed by atoms with Gasteiger partial charge in [0.1, 0.15) is 5.65 Å². The molecule has 1 fully saturated rings. The van der Waals surface area contributed by atoms with Crippen molar-refractivity contribution >= 4 is 32.7 Å². The molecular weight excluding hydrogens is 282 g/mol. The fourth-order valence-electron chi connectivity index (χ4n) is 2.28. The highest BCUT2D eigenvalue weighted by Crippen LogP contribution is 2.23. The standard InChI is InChI=1S/C12H12BrN3O/c13-7-4-8-9(6-16-12(8)15-5-7)11(17)10-2-1-3-14-10/h4-6,10,14H,1-3H2,(H,15,16). The second-order valence-corrected chi connectivity index (χ2v) is 5.18. The summed E-state index contributed by atoms with van der Waals surface area (Å²) in [6.07, 6.45) is 5.47. The molecule has 1 saturated heterocycles. The normalized spacial score (nSPS) is 19.9. The monoisotopic (exact) mass is 293 g/mol. The number of fused-ring (bicyclic) bond motifs is 1. The Labute approximate surface area is 107 Å². The molecule has 1 aliphatic heterocycles. The maximum Gasteiger partial charge on any atom is 0.181 e. The molecule has 1 aliphatic rings. The van der Waals surface area contributed by atoms with Gasteiger partial charge in [0.05, 0.1) is 6.04 Å². The number of Topliss-reactive ketones (excluding diaryl/α,β-unsaturated/α-hetero) is 1. The number of carbonyl (C=O) groups excluding carboxylic acids is 1. The van der Waals surface area contributed by atoms with Crippen molar-refractivity contribution in [3.05, 3.63) is 28.5 Å². The SMILES string of the molecule is O=C(c1c[nH]c2ncc(Br)cc12)C1CCCN1. The molecule has 2 N–H and O–H groups in total.